The third kappa shape index (κ3) is 1.33. The number of benzene rings is 1. The van der Waals surface area contributed by atoms with Gasteiger partial charge >= 0.3 is 0 Å². The molecule has 0 amide bonds. The fourth-order valence-corrected chi connectivity index (χ4v) is 2.01. The van der Waals surface area contributed by atoms with Gasteiger partial charge in [0.2, 0.25) is 0 Å². The summed E-state index contributed by atoms with van der Waals surface area (Å²) in [4.78, 5) is 0. The molecule has 0 radical (unpaired) electrons. The maximum atomic E-state index is 2.29. The zero-order valence-corrected chi connectivity index (χ0v) is 9.33. The number of aryl methyl sites for hydroxylation is 1. The van der Waals surface area contributed by atoms with Gasteiger partial charge in [-0.1, -0.05) is 39.0 Å². The average Bonchev–Trinajstić information content (AvgIpc) is 2.44. The molecular formula is C13H17N. The van der Waals surface area contributed by atoms with Crippen LogP contribution < -0.4 is 0 Å². The first-order valence-electron chi connectivity index (χ1n) is 5.05. The van der Waals surface area contributed by atoms with E-state index in [0.717, 1.165) is 0 Å². The van der Waals surface area contributed by atoms with E-state index in [0.29, 0.717) is 0 Å². The summed E-state index contributed by atoms with van der Waals surface area (Å²) in [5, 5.41) is 1.33. The molecule has 1 nitrogen and oxygen atoms in total. The number of para-hydroxylation sites is 1. The Bertz CT molecular complexity index is 458. The minimum atomic E-state index is 0.216. The van der Waals surface area contributed by atoms with Crippen LogP contribution in [0.15, 0.2) is 30.3 Å². The Kier molecular flexibility index (Phi) is 1.91. The van der Waals surface area contributed by atoms with E-state index >= 15 is 0 Å². The van der Waals surface area contributed by atoms with E-state index in [4.69, 9.17) is 0 Å². The molecule has 0 saturated heterocycles. The third-order valence-corrected chi connectivity index (χ3v) is 2.72. The highest BCUT2D eigenvalue weighted by atomic mass is 15.0. The van der Waals surface area contributed by atoms with E-state index in [9.17, 15) is 0 Å². The van der Waals surface area contributed by atoms with Crippen LogP contribution in [0, 0.1) is 0 Å². The monoisotopic (exact) mass is 187 g/mol. The molecule has 0 spiro atoms. The van der Waals surface area contributed by atoms with Crippen molar-refractivity contribution in [1.82, 2.24) is 4.57 Å². The Balaban J connectivity index is 2.75. The van der Waals surface area contributed by atoms with Gasteiger partial charge in [-0.2, -0.15) is 0 Å². The van der Waals surface area contributed by atoms with E-state index in [2.05, 4.69) is 62.7 Å². The van der Waals surface area contributed by atoms with Crippen LogP contribution in [0.4, 0.5) is 0 Å². The van der Waals surface area contributed by atoms with Gasteiger partial charge < -0.3 is 4.57 Å². The molecule has 0 atom stereocenters. The van der Waals surface area contributed by atoms with Crippen LogP contribution in [-0.2, 0) is 12.5 Å². The van der Waals surface area contributed by atoms with Crippen molar-refractivity contribution in [3.63, 3.8) is 0 Å². The minimum Gasteiger partial charge on any atom is -0.347 e. The molecule has 2 aromatic rings. The van der Waals surface area contributed by atoms with Gasteiger partial charge in [-0.15, -0.1) is 0 Å². The minimum absolute atomic E-state index is 0.216. The second kappa shape index (κ2) is 2.88. The molecule has 0 aliphatic carbocycles. The van der Waals surface area contributed by atoms with Gasteiger partial charge in [0.15, 0.2) is 0 Å². The normalized spacial score (nSPS) is 12.3. The lowest BCUT2D eigenvalue weighted by molar-refractivity contribution is 0.547. The quantitative estimate of drug-likeness (QED) is 0.595. The average molecular weight is 187 g/mol. The molecule has 0 saturated carbocycles. The second-order valence-corrected chi connectivity index (χ2v) is 4.90. The summed E-state index contributed by atoms with van der Waals surface area (Å²) in [5.41, 5.74) is 2.92. The molecule has 0 fully saturated rings. The SMILES string of the molecule is Cn1c(C(C)(C)C)cc2ccccc21. The third-order valence-electron chi connectivity index (χ3n) is 2.72. The maximum Gasteiger partial charge on any atom is 0.0480 e. The van der Waals surface area contributed by atoms with Crippen molar-refractivity contribution in [3.8, 4) is 0 Å². The smallest absolute Gasteiger partial charge is 0.0480 e. The summed E-state index contributed by atoms with van der Waals surface area (Å²) in [5.74, 6) is 0. The summed E-state index contributed by atoms with van der Waals surface area (Å²) < 4.78 is 2.29. The standard InChI is InChI=1S/C13H17N/c1-13(2,3)12-9-10-7-5-6-8-11(10)14(12)4/h5-9H,1-4H3. The number of aromatic nitrogens is 1. The Hall–Kier alpha value is -1.24. The lowest BCUT2D eigenvalue weighted by atomic mass is 9.92. The Labute approximate surface area is 85.4 Å². The summed E-state index contributed by atoms with van der Waals surface area (Å²) in [6.45, 7) is 6.75. The largest absolute Gasteiger partial charge is 0.347 e. The number of fused-ring (bicyclic) bond motifs is 1. The summed E-state index contributed by atoms with van der Waals surface area (Å²) in [6.07, 6.45) is 0. The summed E-state index contributed by atoms with van der Waals surface area (Å²) >= 11 is 0. The molecule has 1 heterocycles. The van der Waals surface area contributed by atoms with Crippen molar-refractivity contribution in [3.05, 3.63) is 36.0 Å². The highest BCUT2D eigenvalue weighted by Gasteiger charge is 2.18. The molecule has 74 valence electrons. The maximum absolute atomic E-state index is 2.29. The van der Waals surface area contributed by atoms with Crippen molar-refractivity contribution < 1.29 is 0 Å². The zero-order chi connectivity index (χ0) is 10.3. The summed E-state index contributed by atoms with van der Waals surface area (Å²) in [7, 11) is 2.14. The lowest BCUT2D eigenvalue weighted by Gasteiger charge is -2.19. The second-order valence-electron chi connectivity index (χ2n) is 4.90. The van der Waals surface area contributed by atoms with Crippen LogP contribution in [0.2, 0.25) is 0 Å². The molecule has 0 aliphatic heterocycles. The predicted molar refractivity (Wildman–Crippen MR) is 61.6 cm³/mol. The van der Waals surface area contributed by atoms with Crippen LogP contribution >= 0.6 is 0 Å². The van der Waals surface area contributed by atoms with Crippen molar-refractivity contribution in [1.29, 1.82) is 0 Å². The zero-order valence-electron chi connectivity index (χ0n) is 9.33. The molecule has 2 rings (SSSR count). The van der Waals surface area contributed by atoms with Gasteiger partial charge in [0.05, 0.1) is 0 Å². The van der Waals surface area contributed by atoms with E-state index in [1.807, 2.05) is 0 Å². The fraction of sp³-hybridized carbons (Fsp3) is 0.385. The number of hydrogen-bond acceptors (Lipinski definition) is 0. The first-order chi connectivity index (χ1) is 6.50. The van der Waals surface area contributed by atoms with Gasteiger partial charge in [0.25, 0.3) is 0 Å². The molecule has 14 heavy (non-hydrogen) atoms. The molecule has 1 heteroatoms. The first-order valence-corrected chi connectivity index (χ1v) is 5.05. The van der Waals surface area contributed by atoms with Crippen molar-refractivity contribution in [2.75, 3.05) is 0 Å². The summed E-state index contributed by atoms with van der Waals surface area (Å²) in [6, 6.07) is 10.8. The van der Waals surface area contributed by atoms with Crippen LogP contribution in [0.5, 0.6) is 0 Å². The van der Waals surface area contributed by atoms with E-state index in [1.54, 1.807) is 0 Å². The van der Waals surface area contributed by atoms with Crippen LogP contribution in [0.3, 0.4) is 0 Å². The van der Waals surface area contributed by atoms with Gasteiger partial charge in [-0.05, 0) is 17.5 Å². The first kappa shape index (κ1) is 9.32. The van der Waals surface area contributed by atoms with Gasteiger partial charge in [0, 0.05) is 23.7 Å². The Morgan fingerprint density at radius 2 is 1.71 bits per heavy atom. The van der Waals surface area contributed by atoms with Crippen molar-refractivity contribution >= 4 is 10.9 Å². The highest BCUT2D eigenvalue weighted by molar-refractivity contribution is 5.81. The molecule has 0 aliphatic rings. The van der Waals surface area contributed by atoms with Crippen molar-refractivity contribution in [2.24, 2.45) is 7.05 Å². The highest BCUT2D eigenvalue weighted by Crippen LogP contribution is 2.28. The van der Waals surface area contributed by atoms with Gasteiger partial charge in [-0.3, -0.25) is 0 Å². The fourth-order valence-electron chi connectivity index (χ4n) is 2.01. The van der Waals surface area contributed by atoms with Crippen molar-refractivity contribution in [2.45, 2.75) is 26.2 Å². The number of nitrogens with zero attached hydrogens (tertiary/aromatic N) is 1. The lowest BCUT2D eigenvalue weighted by Crippen LogP contribution is -2.15. The molecule has 1 aromatic carbocycles. The van der Waals surface area contributed by atoms with Crippen LogP contribution in [0.1, 0.15) is 26.5 Å². The van der Waals surface area contributed by atoms with E-state index in [-0.39, 0.29) is 5.41 Å². The molecule has 0 N–H and O–H groups in total. The van der Waals surface area contributed by atoms with E-state index in [1.165, 1.54) is 16.6 Å². The van der Waals surface area contributed by atoms with Gasteiger partial charge in [-0.25, -0.2) is 0 Å². The Morgan fingerprint density at radius 3 is 2.29 bits per heavy atom. The topological polar surface area (TPSA) is 4.93 Å². The van der Waals surface area contributed by atoms with E-state index < -0.39 is 0 Å². The predicted octanol–water partition coefficient (Wildman–Crippen LogP) is 3.48. The van der Waals surface area contributed by atoms with Crippen LogP contribution in [-0.4, -0.2) is 4.57 Å². The molecule has 1 aromatic heterocycles. The Morgan fingerprint density at radius 1 is 1.07 bits per heavy atom. The van der Waals surface area contributed by atoms with Gasteiger partial charge in [0.1, 0.15) is 0 Å². The molecule has 0 unspecified atom stereocenters. The molecular weight excluding hydrogens is 170 g/mol. The number of rotatable bonds is 0. The van der Waals surface area contributed by atoms with Crippen LogP contribution in [0.25, 0.3) is 10.9 Å². The molecule has 0 bridgehead atoms. The number of hydrogen-bond donors (Lipinski definition) is 0.